The molecule has 1 N–H and O–H groups in total. The first-order valence-electron chi connectivity index (χ1n) is 6.13. The second kappa shape index (κ2) is 4.92. The van der Waals surface area contributed by atoms with E-state index in [1.807, 2.05) is 18.2 Å². The molecule has 20 heavy (non-hydrogen) atoms. The minimum Gasteiger partial charge on any atom is -0.480 e. The molecule has 0 unspecified atom stereocenters. The number of carbonyl (C=O) groups excluding carboxylic acids is 1. The Balaban J connectivity index is 1.72. The van der Waals surface area contributed by atoms with Gasteiger partial charge in [0.1, 0.15) is 17.4 Å². The molecular weight excluding hydrogens is 264 g/mol. The summed E-state index contributed by atoms with van der Waals surface area (Å²) in [6, 6.07) is 10.2. The van der Waals surface area contributed by atoms with Crippen LogP contribution < -0.4 is 10.1 Å². The van der Waals surface area contributed by atoms with Crippen LogP contribution in [0.1, 0.15) is 5.56 Å². The van der Waals surface area contributed by atoms with Gasteiger partial charge in [0.2, 0.25) is 0 Å². The summed E-state index contributed by atoms with van der Waals surface area (Å²) in [5, 5.41) is 2.46. The minimum absolute atomic E-state index is 0.0760. The Morgan fingerprint density at radius 1 is 1.15 bits per heavy atom. The van der Waals surface area contributed by atoms with Gasteiger partial charge < -0.3 is 10.1 Å². The van der Waals surface area contributed by atoms with Crippen molar-refractivity contribution in [2.75, 3.05) is 5.32 Å². The molecule has 1 aliphatic rings. The number of anilines is 1. The van der Waals surface area contributed by atoms with Gasteiger partial charge in [-0.05, 0) is 23.8 Å². The van der Waals surface area contributed by atoms with Crippen LogP contribution in [0.2, 0.25) is 0 Å². The van der Waals surface area contributed by atoms with Crippen molar-refractivity contribution >= 4 is 11.6 Å². The van der Waals surface area contributed by atoms with E-state index in [1.54, 1.807) is 6.07 Å². The summed E-state index contributed by atoms with van der Waals surface area (Å²) in [5.41, 5.74) is 1.02. The van der Waals surface area contributed by atoms with Crippen LogP contribution in [0, 0.1) is 11.6 Å². The van der Waals surface area contributed by atoms with Crippen LogP contribution >= 0.6 is 0 Å². The molecule has 3 nitrogen and oxygen atoms in total. The number of benzene rings is 2. The Labute approximate surface area is 114 Å². The second-order valence-electron chi connectivity index (χ2n) is 4.57. The number of hydrogen-bond donors (Lipinski definition) is 1. The fourth-order valence-corrected chi connectivity index (χ4v) is 2.18. The topological polar surface area (TPSA) is 38.3 Å². The Morgan fingerprint density at radius 3 is 2.55 bits per heavy atom. The lowest BCUT2D eigenvalue weighted by Gasteiger charge is -2.11. The highest BCUT2D eigenvalue weighted by atomic mass is 19.1. The summed E-state index contributed by atoms with van der Waals surface area (Å²) in [6.45, 7) is 0. The van der Waals surface area contributed by atoms with Crippen molar-refractivity contribution in [3.05, 3.63) is 59.7 Å². The average Bonchev–Trinajstić information content (AvgIpc) is 2.81. The van der Waals surface area contributed by atoms with E-state index in [-0.39, 0.29) is 5.69 Å². The minimum atomic E-state index is -0.740. The summed E-state index contributed by atoms with van der Waals surface area (Å²) < 4.78 is 31.6. The van der Waals surface area contributed by atoms with Crippen LogP contribution in [0.15, 0.2) is 42.5 Å². The largest absolute Gasteiger partial charge is 0.480 e. The maximum absolute atomic E-state index is 13.0. The van der Waals surface area contributed by atoms with Crippen LogP contribution in [0.3, 0.4) is 0 Å². The van der Waals surface area contributed by atoms with Crippen molar-refractivity contribution in [1.82, 2.24) is 0 Å². The van der Waals surface area contributed by atoms with Gasteiger partial charge in [-0.1, -0.05) is 18.2 Å². The predicted molar refractivity (Wildman–Crippen MR) is 69.5 cm³/mol. The van der Waals surface area contributed by atoms with Gasteiger partial charge in [0.15, 0.2) is 6.10 Å². The van der Waals surface area contributed by atoms with Crippen molar-refractivity contribution in [2.24, 2.45) is 0 Å². The number of nitrogens with one attached hydrogen (secondary N) is 1. The molecule has 0 radical (unpaired) electrons. The third-order valence-corrected chi connectivity index (χ3v) is 3.07. The van der Waals surface area contributed by atoms with E-state index in [9.17, 15) is 13.6 Å². The van der Waals surface area contributed by atoms with Crippen molar-refractivity contribution in [2.45, 2.75) is 12.5 Å². The third-order valence-electron chi connectivity index (χ3n) is 3.07. The molecule has 0 aliphatic carbocycles. The zero-order valence-corrected chi connectivity index (χ0v) is 10.4. The lowest BCUT2D eigenvalue weighted by Crippen LogP contribution is -2.31. The summed E-state index contributed by atoms with van der Waals surface area (Å²) >= 11 is 0. The molecule has 1 amide bonds. The fraction of sp³-hybridized carbons (Fsp3) is 0.133. The molecule has 0 aromatic heterocycles. The maximum Gasteiger partial charge on any atom is 0.265 e. The lowest BCUT2D eigenvalue weighted by atomic mass is 10.1. The molecule has 5 heteroatoms. The number of para-hydroxylation sites is 1. The highest BCUT2D eigenvalue weighted by Crippen LogP contribution is 2.28. The first-order valence-corrected chi connectivity index (χ1v) is 6.13. The standard InChI is InChI=1S/C15H11F2NO2/c16-10-6-11(17)8-12(7-10)18-15(19)14-5-9-3-1-2-4-13(9)20-14/h1-4,6-8,14H,5H2,(H,18,19)/t14-/m1/s1. The Hall–Kier alpha value is -2.43. The van der Waals surface area contributed by atoms with E-state index in [4.69, 9.17) is 4.74 Å². The number of fused-ring (bicyclic) bond motifs is 1. The molecule has 0 spiro atoms. The number of hydrogen-bond acceptors (Lipinski definition) is 2. The molecule has 0 fully saturated rings. The Kier molecular flexibility index (Phi) is 3.10. The van der Waals surface area contributed by atoms with Gasteiger partial charge in [0.05, 0.1) is 0 Å². The fourth-order valence-electron chi connectivity index (χ4n) is 2.18. The Morgan fingerprint density at radius 2 is 1.85 bits per heavy atom. The number of ether oxygens (including phenoxy) is 1. The van der Waals surface area contributed by atoms with Gasteiger partial charge in [-0.2, -0.15) is 0 Å². The molecular formula is C15H11F2NO2. The molecule has 0 bridgehead atoms. The average molecular weight is 275 g/mol. The molecule has 0 saturated carbocycles. The smallest absolute Gasteiger partial charge is 0.265 e. The van der Waals surface area contributed by atoms with Crippen LogP contribution in [0.25, 0.3) is 0 Å². The lowest BCUT2D eigenvalue weighted by molar-refractivity contribution is -0.122. The third kappa shape index (κ3) is 2.47. The zero-order valence-electron chi connectivity index (χ0n) is 10.4. The number of amides is 1. The van der Waals surface area contributed by atoms with E-state index in [0.717, 1.165) is 23.8 Å². The molecule has 102 valence electrons. The normalized spacial score (nSPS) is 16.4. The number of rotatable bonds is 2. The van der Waals surface area contributed by atoms with Crippen LogP contribution in [0.5, 0.6) is 5.75 Å². The summed E-state index contributed by atoms with van der Waals surface area (Å²) in [5.74, 6) is -1.24. The molecule has 1 atom stereocenters. The highest BCUT2D eigenvalue weighted by molar-refractivity contribution is 5.95. The van der Waals surface area contributed by atoms with E-state index in [2.05, 4.69) is 5.32 Å². The number of halogens is 2. The molecule has 1 heterocycles. The van der Waals surface area contributed by atoms with Crippen LogP contribution in [0.4, 0.5) is 14.5 Å². The van der Waals surface area contributed by atoms with E-state index >= 15 is 0 Å². The molecule has 3 rings (SSSR count). The first-order chi connectivity index (χ1) is 9.61. The first kappa shape index (κ1) is 12.6. The van der Waals surface area contributed by atoms with E-state index in [1.165, 1.54) is 0 Å². The van der Waals surface area contributed by atoms with E-state index < -0.39 is 23.6 Å². The quantitative estimate of drug-likeness (QED) is 0.915. The van der Waals surface area contributed by atoms with Crippen molar-refractivity contribution in [1.29, 1.82) is 0 Å². The summed E-state index contributed by atoms with van der Waals surface area (Å²) in [6.07, 6.45) is -0.237. The summed E-state index contributed by atoms with van der Waals surface area (Å²) in [4.78, 5) is 12.0. The van der Waals surface area contributed by atoms with Gasteiger partial charge in [0.25, 0.3) is 5.91 Å². The zero-order chi connectivity index (χ0) is 14.1. The molecule has 2 aromatic rings. The van der Waals surface area contributed by atoms with Gasteiger partial charge in [-0.15, -0.1) is 0 Å². The molecule has 1 aliphatic heterocycles. The van der Waals surface area contributed by atoms with Gasteiger partial charge in [0, 0.05) is 18.2 Å². The van der Waals surface area contributed by atoms with Crippen molar-refractivity contribution in [3.63, 3.8) is 0 Å². The van der Waals surface area contributed by atoms with Gasteiger partial charge in [-0.3, -0.25) is 4.79 Å². The van der Waals surface area contributed by atoms with Gasteiger partial charge >= 0.3 is 0 Å². The number of carbonyl (C=O) groups is 1. The molecule has 2 aromatic carbocycles. The maximum atomic E-state index is 13.0. The predicted octanol–water partition coefficient (Wildman–Crippen LogP) is 2.91. The Bertz CT molecular complexity index is 627. The van der Waals surface area contributed by atoms with Crippen LogP contribution in [-0.2, 0) is 11.2 Å². The summed E-state index contributed by atoms with van der Waals surface area (Å²) in [7, 11) is 0. The monoisotopic (exact) mass is 275 g/mol. The highest BCUT2D eigenvalue weighted by Gasteiger charge is 2.28. The second-order valence-corrected chi connectivity index (χ2v) is 4.57. The van der Waals surface area contributed by atoms with Crippen molar-refractivity contribution in [3.8, 4) is 5.75 Å². The molecule has 0 saturated heterocycles. The van der Waals surface area contributed by atoms with Gasteiger partial charge in [-0.25, -0.2) is 8.78 Å². The van der Waals surface area contributed by atoms with Crippen LogP contribution in [-0.4, -0.2) is 12.0 Å². The van der Waals surface area contributed by atoms with E-state index in [0.29, 0.717) is 12.2 Å². The van der Waals surface area contributed by atoms with Crippen molar-refractivity contribution < 1.29 is 18.3 Å². The SMILES string of the molecule is O=C(Nc1cc(F)cc(F)c1)[C@H]1Cc2ccccc2O1.